The van der Waals surface area contributed by atoms with Crippen LogP contribution in [0.3, 0.4) is 0 Å². The minimum atomic E-state index is -0.0488. The van der Waals surface area contributed by atoms with Crippen molar-refractivity contribution < 1.29 is 9.53 Å². The number of nitrogens with zero attached hydrogens (tertiary/aromatic N) is 2. The van der Waals surface area contributed by atoms with Crippen LogP contribution in [0.25, 0.3) is 11.4 Å². The quantitative estimate of drug-likeness (QED) is 0.454. The summed E-state index contributed by atoms with van der Waals surface area (Å²) in [5, 5.41) is 3.81. The lowest BCUT2D eigenvalue weighted by Crippen LogP contribution is -2.16. The molecular formula is C23H25N3O2S. The second kappa shape index (κ2) is 9.09. The number of carbonyl (C=O) groups excluding carboxylic acids is 1. The highest BCUT2D eigenvalue weighted by Crippen LogP contribution is 2.25. The number of benzene rings is 2. The van der Waals surface area contributed by atoms with Crippen molar-refractivity contribution in [3.8, 4) is 17.1 Å². The number of aryl methyl sites for hydroxylation is 4. The summed E-state index contributed by atoms with van der Waals surface area (Å²) in [6, 6.07) is 13.7. The molecule has 0 aliphatic heterocycles. The molecule has 0 aliphatic rings. The molecule has 3 rings (SSSR count). The number of thioether (sulfide) groups is 1. The average molecular weight is 408 g/mol. The molecule has 0 spiro atoms. The Kier molecular flexibility index (Phi) is 6.54. The van der Waals surface area contributed by atoms with Gasteiger partial charge in [-0.25, -0.2) is 9.97 Å². The van der Waals surface area contributed by atoms with E-state index in [1.807, 2.05) is 51.1 Å². The minimum Gasteiger partial charge on any atom is -0.497 e. The third kappa shape index (κ3) is 5.35. The number of carbonyl (C=O) groups is 1. The number of anilines is 1. The Labute approximate surface area is 175 Å². The van der Waals surface area contributed by atoms with Gasteiger partial charge in [-0.1, -0.05) is 29.5 Å². The number of hydrogen-bond donors (Lipinski definition) is 1. The Morgan fingerprint density at radius 2 is 1.66 bits per heavy atom. The first kappa shape index (κ1) is 20.9. The van der Waals surface area contributed by atoms with Gasteiger partial charge in [-0.2, -0.15) is 0 Å². The molecule has 0 radical (unpaired) electrons. The maximum Gasteiger partial charge on any atom is 0.234 e. The van der Waals surface area contributed by atoms with Crippen molar-refractivity contribution in [2.45, 2.75) is 32.7 Å². The fourth-order valence-corrected chi connectivity index (χ4v) is 3.93. The molecule has 1 N–H and O–H groups in total. The number of rotatable bonds is 6. The summed E-state index contributed by atoms with van der Waals surface area (Å²) in [5.41, 5.74) is 5.99. The van der Waals surface area contributed by atoms with Crippen LogP contribution in [0.15, 0.2) is 47.5 Å². The van der Waals surface area contributed by atoms with Gasteiger partial charge in [0.1, 0.15) is 10.8 Å². The van der Waals surface area contributed by atoms with Crippen molar-refractivity contribution >= 4 is 23.4 Å². The molecule has 1 heterocycles. The van der Waals surface area contributed by atoms with E-state index in [0.717, 1.165) is 38.8 Å². The fraction of sp³-hybridized carbons (Fsp3) is 0.261. The zero-order valence-electron chi connectivity index (χ0n) is 17.4. The van der Waals surface area contributed by atoms with Crippen LogP contribution in [0.2, 0.25) is 0 Å². The van der Waals surface area contributed by atoms with Gasteiger partial charge < -0.3 is 10.1 Å². The van der Waals surface area contributed by atoms with Gasteiger partial charge in [0.2, 0.25) is 5.91 Å². The van der Waals surface area contributed by atoms with Gasteiger partial charge in [0.25, 0.3) is 0 Å². The molecule has 0 bridgehead atoms. The largest absolute Gasteiger partial charge is 0.497 e. The second-order valence-electron chi connectivity index (χ2n) is 7.01. The van der Waals surface area contributed by atoms with Crippen LogP contribution in [0.5, 0.6) is 5.75 Å². The summed E-state index contributed by atoms with van der Waals surface area (Å²) < 4.78 is 5.20. The van der Waals surface area contributed by atoms with E-state index in [2.05, 4.69) is 34.3 Å². The Morgan fingerprint density at radius 3 is 2.28 bits per heavy atom. The van der Waals surface area contributed by atoms with Gasteiger partial charge in [0.15, 0.2) is 5.82 Å². The number of amides is 1. The Morgan fingerprint density at radius 1 is 1.00 bits per heavy atom. The van der Waals surface area contributed by atoms with Crippen LogP contribution < -0.4 is 10.1 Å². The van der Waals surface area contributed by atoms with Crippen molar-refractivity contribution in [1.82, 2.24) is 9.97 Å². The van der Waals surface area contributed by atoms with Crippen LogP contribution in [0.4, 0.5) is 5.69 Å². The lowest BCUT2D eigenvalue weighted by molar-refractivity contribution is -0.113. The first-order chi connectivity index (χ1) is 13.9. The molecular weight excluding hydrogens is 382 g/mol. The Balaban J connectivity index is 1.70. The number of aromatic nitrogens is 2. The van der Waals surface area contributed by atoms with Crippen LogP contribution >= 0.6 is 11.8 Å². The maximum atomic E-state index is 12.5. The molecule has 0 aliphatic carbocycles. The maximum absolute atomic E-state index is 12.5. The molecule has 0 saturated carbocycles. The van der Waals surface area contributed by atoms with Crippen LogP contribution in [-0.4, -0.2) is 28.7 Å². The third-order valence-corrected chi connectivity index (χ3v) is 5.38. The summed E-state index contributed by atoms with van der Waals surface area (Å²) >= 11 is 1.41. The van der Waals surface area contributed by atoms with Crippen LogP contribution in [0, 0.1) is 27.7 Å². The van der Waals surface area contributed by atoms with E-state index in [1.54, 1.807) is 7.11 Å². The van der Waals surface area contributed by atoms with E-state index >= 15 is 0 Å². The normalized spacial score (nSPS) is 10.7. The van der Waals surface area contributed by atoms with Crippen molar-refractivity contribution in [3.05, 3.63) is 64.8 Å². The lowest BCUT2D eigenvalue weighted by Gasteiger charge is -2.13. The monoisotopic (exact) mass is 407 g/mol. The van der Waals surface area contributed by atoms with Gasteiger partial charge in [-0.3, -0.25) is 4.79 Å². The van der Waals surface area contributed by atoms with Gasteiger partial charge in [0, 0.05) is 16.9 Å². The number of nitrogens with one attached hydrogen (secondary N) is 1. The molecule has 3 aromatic rings. The van der Waals surface area contributed by atoms with E-state index in [-0.39, 0.29) is 11.7 Å². The predicted molar refractivity (Wildman–Crippen MR) is 119 cm³/mol. The molecule has 6 heteroatoms. The molecule has 0 unspecified atom stereocenters. The zero-order valence-corrected chi connectivity index (χ0v) is 18.2. The van der Waals surface area contributed by atoms with E-state index < -0.39 is 0 Å². The van der Waals surface area contributed by atoms with Crippen LogP contribution in [0.1, 0.15) is 22.4 Å². The molecule has 5 nitrogen and oxygen atoms in total. The second-order valence-corrected chi connectivity index (χ2v) is 8.01. The zero-order chi connectivity index (χ0) is 21.0. The van der Waals surface area contributed by atoms with Crippen molar-refractivity contribution in [1.29, 1.82) is 0 Å². The first-order valence-electron chi connectivity index (χ1n) is 9.36. The molecule has 1 aromatic heterocycles. The van der Waals surface area contributed by atoms with Crippen molar-refractivity contribution in [2.24, 2.45) is 0 Å². The SMILES string of the molecule is COc1ccc(-c2nc(C)cc(SCC(=O)Nc3c(C)cc(C)cc3C)n2)cc1. The highest BCUT2D eigenvalue weighted by molar-refractivity contribution is 7.99. The minimum absolute atomic E-state index is 0.0488. The van der Waals surface area contributed by atoms with E-state index in [4.69, 9.17) is 4.74 Å². The van der Waals surface area contributed by atoms with Crippen molar-refractivity contribution in [2.75, 3.05) is 18.2 Å². The lowest BCUT2D eigenvalue weighted by atomic mass is 10.1. The van der Waals surface area contributed by atoms with Gasteiger partial charge in [-0.05, 0) is 69.2 Å². The molecule has 0 saturated heterocycles. The summed E-state index contributed by atoms with van der Waals surface area (Å²) in [7, 11) is 1.64. The van der Waals surface area contributed by atoms with E-state index in [1.165, 1.54) is 17.3 Å². The average Bonchev–Trinajstić information content (AvgIpc) is 2.69. The summed E-state index contributed by atoms with van der Waals surface area (Å²) in [5.74, 6) is 1.66. The fourth-order valence-electron chi connectivity index (χ4n) is 3.17. The standard InChI is InChI=1S/C23H25N3O2S/c1-14-10-15(2)22(16(3)11-14)25-20(27)13-29-21-12-17(4)24-23(26-21)18-6-8-19(28-5)9-7-18/h6-12H,13H2,1-5H3,(H,25,27). The number of methoxy groups -OCH3 is 1. The Bertz CT molecular complexity index is 1010. The molecule has 29 heavy (non-hydrogen) atoms. The van der Waals surface area contributed by atoms with Gasteiger partial charge in [-0.15, -0.1) is 0 Å². The number of ether oxygens (including phenoxy) is 1. The third-order valence-electron chi connectivity index (χ3n) is 4.47. The molecule has 0 fully saturated rings. The highest BCUT2D eigenvalue weighted by atomic mass is 32.2. The summed E-state index contributed by atoms with van der Waals surface area (Å²) in [6.45, 7) is 8.01. The molecule has 150 valence electrons. The van der Waals surface area contributed by atoms with Gasteiger partial charge >= 0.3 is 0 Å². The highest BCUT2D eigenvalue weighted by Gasteiger charge is 2.11. The topological polar surface area (TPSA) is 64.1 Å². The van der Waals surface area contributed by atoms with Crippen molar-refractivity contribution in [3.63, 3.8) is 0 Å². The first-order valence-corrected chi connectivity index (χ1v) is 10.3. The molecule has 0 atom stereocenters. The predicted octanol–water partition coefficient (Wildman–Crippen LogP) is 5.12. The summed E-state index contributed by atoms with van der Waals surface area (Å²) in [6.07, 6.45) is 0. The Hall–Kier alpha value is -2.86. The molecule has 1 amide bonds. The van der Waals surface area contributed by atoms with E-state index in [9.17, 15) is 4.79 Å². The van der Waals surface area contributed by atoms with Gasteiger partial charge in [0.05, 0.1) is 12.9 Å². The van der Waals surface area contributed by atoms with Crippen LogP contribution in [-0.2, 0) is 4.79 Å². The molecule has 2 aromatic carbocycles. The number of hydrogen-bond acceptors (Lipinski definition) is 5. The van der Waals surface area contributed by atoms with E-state index in [0.29, 0.717) is 5.82 Å². The summed E-state index contributed by atoms with van der Waals surface area (Å²) in [4.78, 5) is 21.6. The smallest absolute Gasteiger partial charge is 0.234 e.